The van der Waals surface area contributed by atoms with Crippen LogP contribution in [0.1, 0.15) is 25.3 Å². The lowest BCUT2D eigenvalue weighted by Crippen LogP contribution is -2.46. The molecule has 1 saturated heterocycles. The number of nitrogens with zero attached hydrogens (tertiary/aromatic N) is 1. The largest absolute Gasteiger partial charge is 0.352 e. The Kier molecular flexibility index (Phi) is 6.33. The lowest BCUT2D eigenvalue weighted by atomic mass is 10.1. The van der Waals surface area contributed by atoms with Crippen molar-refractivity contribution >= 4 is 21.8 Å². The molecule has 0 radical (unpaired) electrons. The molecule has 0 aromatic heterocycles. The molecule has 2 rings (SSSR count). The average Bonchev–Trinajstić information content (AvgIpc) is 2.60. The fourth-order valence-corrected chi connectivity index (χ4v) is 4.13. The van der Waals surface area contributed by atoms with Gasteiger partial charge in [0.05, 0.1) is 4.90 Å². The molecule has 1 aliphatic rings. The molecule has 0 spiro atoms. The van der Waals surface area contributed by atoms with Crippen molar-refractivity contribution in [1.82, 2.24) is 14.9 Å². The van der Waals surface area contributed by atoms with Crippen LogP contribution in [-0.4, -0.2) is 43.7 Å². The van der Waals surface area contributed by atoms with Crippen LogP contribution in [0.2, 0.25) is 0 Å². The zero-order valence-electron chi connectivity index (χ0n) is 14.2. The molecule has 1 aliphatic heterocycles. The summed E-state index contributed by atoms with van der Waals surface area (Å²) in [6, 6.07) is 6.47. The summed E-state index contributed by atoms with van der Waals surface area (Å²) in [7, 11) is -3.55. The molecule has 2 N–H and O–H groups in total. The molecule has 0 bridgehead atoms. The maximum Gasteiger partial charge on any atom is 0.243 e. The molecule has 0 atom stereocenters. The van der Waals surface area contributed by atoms with Crippen LogP contribution in [0.25, 0.3) is 0 Å². The number of hydrogen-bond acceptors (Lipinski definition) is 4. The maximum absolute atomic E-state index is 12.7. The van der Waals surface area contributed by atoms with Gasteiger partial charge in [0.15, 0.2) is 0 Å². The predicted octanol–water partition coefficient (Wildman–Crippen LogP) is 0.778. The molecule has 7 nitrogen and oxygen atoms in total. The number of sulfonamides is 1. The van der Waals surface area contributed by atoms with Crippen LogP contribution in [0.5, 0.6) is 0 Å². The van der Waals surface area contributed by atoms with E-state index in [1.165, 1.54) is 17.3 Å². The van der Waals surface area contributed by atoms with Gasteiger partial charge >= 0.3 is 0 Å². The summed E-state index contributed by atoms with van der Waals surface area (Å²) in [5.41, 5.74) is 0.833. The van der Waals surface area contributed by atoms with E-state index < -0.39 is 10.0 Å². The second-order valence-electron chi connectivity index (χ2n) is 5.94. The average molecular weight is 365 g/mol. The van der Waals surface area contributed by atoms with Crippen molar-refractivity contribution < 1.29 is 18.0 Å². The summed E-state index contributed by atoms with van der Waals surface area (Å²) in [4.78, 5) is 22.5. The molecule has 1 heterocycles. The topological polar surface area (TPSA) is 95.6 Å². The van der Waals surface area contributed by atoms with Crippen LogP contribution in [-0.2, 0) is 26.2 Å². The second-order valence-corrected chi connectivity index (χ2v) is 7.88. The molecule has 0 unspecified atom stereocenters. The molecule has 2 amide bonds. The Morgan fingerprint density at radius 1 is 1.24 bits per heavy atom. The highest BCUT2D eigenvalue weighted by molar-refractivity contribution is 7.89. The van der Waals surface area contributed by atoms with E-state index in [-0.39, 0.29) is 22.8 Å². The highest BCUT2D eigenvalue weighted by Crippen LogP contribution is 2.21. The Bertz CT molecular complexity index is 736. The SMILES string of the molecule is C=CC(=O)NC1CCN(S(=O)(=O)c2ccc(CNC(C)=O)cc2)CC1. The maximum atomic E-state index is 12.7. The van der Waals surface area contributed by atoms with Gasteiger partial charge in [0.2, 0.25) is 21.8 Å². The molecule has 8 heteroatoms. The van der Waals surface area contributed by atoms with Gasteiger partial charge in [-0.05, 0) is 36.6 Å². The Morgan fingerprint density at radius 3 is 2.36 bits per heavy atom. The first-order valence-electron chi connectivity index (χ1n) is 8.09. The van der Waals surface area contributed by atoms with Gasteiger partial charge in [0.25, 0.3) is 0 Å². The van der Waals surface area contributed by atoms with E-state index in [0.29, 0.717) is 32.5 Å². The van der Waals surface area contributed by atoms with Crippen molar-refractivity contribution in [1.29, 1.82) is 0 Å². The van der Waals surface area contributed by atoms with Crippen LogP contribution < -0.4 is 10.6 Å². The molecule has 1 aromatic carbocycles. The lowest BCUT2D eigenvalue weighted by Gasteiger charge is -2.31. The summed E-state index contributed by atoms with van der Waals surface area (Å²) < 4.78 is 26.8. The summed E-state index contributed by atoms with van der Waals surface area (Å²) in [5, 5.41) is 5.47. The van der Waals surface area contributed by atoms with Crippen molar-refractivity contribution in [3.8, 4) is 0 Å². The number of carbonyl (C=O) groups excluding carboxylic acids is 2. The van der Waals surface area contributed by atoms with E-state index in [0.717, 1.165) is 5.56 Å². The molecular formula is C17H23N3O4S. The number of nitrogens with one attached hydrogen (secondary N) is 2. The standard InChI is InChI=1S/C17H23N3O4S/c1-3-17(22)19-15-8-10-20(11-9-15)25(23,24)16-6-4-14(5-7-16)12-18-13(2)21/h3-7,15H,1,8-12H2,2H3,(H,18,21)(H,19,22). The molecule has 0 aliphatic carbocycles. The predicted molar refractivity (Wildman–Crippen MR) is 94.1 cm³/mol. The van der Waals surface area contributed by atoms with Crippen molar-refractivity contribution in [3.05, 3.63) is 42.5 Å². The minimum absolute atomic E-state index is 0.0306. The van der Waals surface area contributed by atoms with E-state index >= 15 is 0 Å². The van der Waals surface area contributed by atoms with Gasteiger partial charge in [-0.3, -0.25) is 9.59 Å². The first kappa shape index (κ1) is 19.1. The molecule has 25 heavy (non-hydrogen) atoms. The third-order valence-electron chi connectivity index (χ3n) is 4.09. The number of carbonyl (C=O) groups is 2. The number of piperidine rings is 1. The van der Waals surface area contributed by atoms with Crippen LogP contribution in [0.4, 0.5) is 0 Å². The van der Waals surface area contributed by atoms with Gasteiger partial charge in [-0.25, -0.2) is 8.42 Å². The third-order valence-corrected chi connectivity index (χ3v) is 6.00. The van der Waals surface area contributed by atoms with E-state index in [9.17, 15) is 18.0 Å². The summed E-state index contributed by atoms with van der Waals surface area (Å²) in [6.07, 6.45) is 2.35. The highest BCUT2D eigenvalue weighted by atomic mass is 32.2. The van der Waals surface area contributed by atoms with Crippen LogP contribution in [0.15, 0.2) is 41.8 Å². The minimum atomic E-state index is -3.55. The number of rotatable bonds is 6. The summed E-state index contributed by atoms with van der Waals surface area (Å²) in [5.74, 6) is -0.376. The van der Waals surface area contributed by atoms with E-state index in [4.69, 9.17) is 0 Å². The lowest BCUT2D eigenvalue weighted by molar-refractivity contribution is -0.119. The van der Waals surface area contributed by atoms with Crippen LogP contribution in [0.3, 0.4) is 0 Å². The second kappa shape index (κ2) is 8.26. The Morgan fingerprint density at radius 2 is 1.84 bits per heavy atom. The Labute approximate surface area is 148 Å². The third kappa shape index (κ3) is 5.14. The molecule has 1 aromatic rings. The minimum Gasteiger partial charge on any atom is -0.352 e. The van der Waals surface area contributed by atoms with E-state index in [1.807, 2.05) is 0 Å². The van der Waals surface area contributed by atoms with Gasteiger partial charge < -0.3 is 10.6 Å². The highest BCUT2D eigenvalue weighted by Gasteiger charge is 2.29. The van der Waals surface area contributed by atoms with Gasteiger partial charge in [0, 0.05) is 32.6 Å². The zero-order valence-corrected chi connectivity index (χ0v) is 15.0. The zero-order chi connectivity index (χ0) is 18.4. The fraction of sp³-hybridized carbons (Fsp3) is 0.412. The van der Waals surface area contributed by atoms with Crippen molar-refractivity contribution in [2.24, 2.45) is 0 Å². The molecule has 136 valence electrons. The smallest absolute Gasteiger partial charge is 0.243 e. The Hall–Kier alpha value is -2.19. The molecule has 1 fully saturated rings. The first-order chi connectivity index (χ1) is 11.8. The monoisotopic (exact) mass is 365 g/mol. The number of hydrogen-bond donors (Lipinski definition) is 2. The van der Waals surface area contributed by atoms with Crippen molar-refractivity contribution in [3.63, 3.8) is 0 Å². The van der Waals surface area contributed by atoms with Crippen molar-refractivity contribution in [2.75, 3.05) is 13.1 Å². The van der Waals surface area contributed by atoms with Crippen LogP contribution >= 0.6 is 0 Å². The fourth-order valence-electron chi connectivity index (χ4n) is 2.66. The van der Waals surface area contributed by atoms with Crippen LogP contribution in [0, 0.1) is 0 Å². The molecular weight excluding hydrogens is 342 g/mol. The first-order valence-corrected chi connectivity index (χ1v) is 9.53. The van der Waals surface area contributed by atoms with E-state index in [1.54, 1.807) is 24.3 Å². The van der Waals surface area contributed by atoms with Gasteiger partial charge in [-0.15, -0.1) is 0 Å². The van der Waals surface area contributed by atoms with Gasteiger partial charge in [-0.2, -0.15) is 4.31 Å². The summed E-state index contributed by atoms with van der Waals surface area (Å²) in [6.45, 7) is 5.92. The Balaban J connectivity index is 1.98. The number of benzene rings is 1. The molecule has 0 saturated carbocycles. The quantitative estimate of drug-likeness (QED) is 0.728. The normalized spacial score (nSPS) is 16.2. The summed E-state index contributed by atoms with van der Waals surface area (Å²) >= 11 is 0. The number of amides is 2. The van der Waals surface area contributed by atoms with E-state index in [2.05, 4.69) is 17.2 Å². The van der Waals surface area contributed by atoms with Crippen molar-refractivity contribution in [2.45, 2.75) is 37.2 Å². The van der Waals surface area contributed by atoms with Gasteiger partial charge in [0.1, 0.15) is 0 Å². The van der Waals surface area contributed by atoms with Gasteiger partial charge in [-0.1, -0.05) is 18.7 Å².